The molecular weight excluding hydrogens is 409 g/mol. The first-order valence-electron chi connectivity index (χ1n) is 7.68. The standard InChI is InChI=1S/C16H18ClF3N2O4S/c1-3-26-15(25)9-27-8-14(24)22(2)7-13(23)21-10-4-5-12(17)11(6-10)16(18,19)20/h4-6H,3,7-9H2,1-2H3,(H,21,23). The van der Waals surface area contributed by atoms with Gasteiger partial charge in [0.15, 0.2) is 0 Å². The summed E-state index contributed by atoms with van der Waals surface area (Å²) in [5, 5.41) is 1.81. The zero-order valence-electron chi connectivity index (χ0n) is 14.6. The van der Waals surface area contributed by atoms with Crippen molar-refractivity contribution in [1.82, 2.24) is 4.90 Å². The number of nitrogens with one attached hydrogen (secondary N) is 1. The molecule has 0 aliphatic carbocycles. The minimum atomic E-state index is -4.65. The van der Waals surface area contributed by atoms with E-state index in [1.807, 2.05) is 0 Å². The van der Waals surface area contributed by atoms with Crippen molar-refractivity contribution in [3.8, 4) is 0 Å². The molecule has 0 saturated carbocycles. The number of benzene rings is 1. The molecule has 11 heteroatoms. The summed E-state index contributed by atoms with van der Waals surface area (Å²) in [5.74, 6) is -1.56. The lowest BCUT2D eigenvalue weighted by Gasteiger charge is -2.17. The summed E-state index contributed by atoms with van der Waals surface area (Å²) in [6.07, 6.45) is -4.65. The van der Waals surface area contributed by atoms with Gasteiger partial charge in [-0.3, -0.25) is 14.4 Å². The zero-order valence-corrected chi connectivity index (χ0v) is 16.1. The largest absolute Gasteiger partial charge is 0.465 e. The average molecular weight is 427 g/mol. The summed E-state index contributed by atoms with van der Waals surface area (Å²) in [6.45, 7) is 1.55. The number of likely N-dealkylation sites (N-methyl/N-ethyl adjacent to an activating group) is 1. The second-order valence-electron chi connectivity index (χ2n) is 5.29. The molecule has 1 aromatic carbocycles. The number of carbonyl (C=O) groups excluding carboxylic acids is 3. The monoisotopic (exact) mass is 426 g/mol. The molecule has 1 rings (SSSR count). The fourth-order valence-corrected chi connectivity index (χ4v) is 2.83. The topological polar surface area (TPSA) is 75.7 Å². The number of ether oxygens (including phenoxy) is 1. The molecule has 0 saturated heterocycles. The highest BCUT2D eigenvalue weighted by Gasteiger charge is 2.33. The number of carbonyl (C=O) groups is 3. The number of alkyl halides is 3. The average Bonchev–Trinajstić information content (AvgIpc) is 2.55. The summed E-state index contributed by atoms with van der Waals surface area (Å²) in [4.78, 5) is 36.1. The number of esters is 1. The SMILES string of the molecule is CCOC(=O)CSCC(=O)N(C)CC(=O)Nc1ccc(Cl)c(C(F)(F)F)c1. The Hall–Kier alpha value is -1.94. The maximum atomic E-state index is 12.8. The van der Waals surface area contributed by atoms with Crippen LogP contribution in [-0.4, -0.2) is 54.4 Å². The van der Waals surface area contributed by atoms with Crippen molar-refractivity contribution in [3.63, 3.8) is 0 Å². The van der Waals surface area contributed by atoms with Crippen molar-refractivity contribution < 1.29 is 32.3 Å². The molecule has 27 heavy (non-hydrogen) atoms. The molecule has 1 aromatic rings. The Bertz CT molecular complexity index is 701. The van der Waals surface area contributed by atoms with Gasteiger partial charge in [-0.15, -0.1) is 11.8 Å². The third-order valence-corrected chi connectivity index (χ3v) is 4.33. The van der Waals surface area contributed by atoms with E-state index in [2.05, 4.69) is 5.32 Å². The van der Waals surface area contributed by atoms with Crippen LogP contribution in [0, 0.1) is 0 Å². The van der Waals surface area contributed by atoms with Crippen molar-refractivity contribution in [2.75, 3.05) is 37.0 Å². The van der Waals surface area contributed by atoms with Crippen LogP contribution in [0.1, 0.15) is 12.5 Å². The van der Waals surface area contributed by atoms with E-state index in [4.69, 9.17) is 16.3 Å². The second-order valence-corrected chi connectivity index (χ2v) is 6.68. The van der Waals surface area contributed by atoms with E-state index in [0.717, 1.165) is 28.8 Å². The quantitative estimate of drug-likeness (QED) is 0.647. The molecule has 0 aromatic heterocycles. The Kier molecular flexibility index (Phi) is 8.91. The van der Waals surface area contributed by atoms with Gasteiger partial charge in [0, 0.05) is 12.7 Å². The van der Waals surface area contributed by atoms with Crippen LogP contribution in [0.5, 0.6) is 0 Å². The van der Waals surface area contributed by atoms with Crippen molar-refractivity contribution in [3.05, 3.63) is 28.8 Å². The van der Waals surface area contributed by atoms with Crippen molar-refractivity contribution >= 4 is 46.8 Å². The molecule has 150 valence electrons. The zero-order chi connectivity index (χ0) is 20.6. The molecular formula is C16H18ClF3N2O4S. The van der Waals surface area contributed by atoms with Crippen LogP contribution >= 0.6 is 23.4 Å². The Morgan fingerprint density at radius 2 is 1.93 bits per heavy atom. The highest BCUT2D eigenvalue weighted by molar-refractivity contribution is 8.00. The van der Waals surface area contributed by atoms with Gasteiger partial charge in [-0.25, -0.2) is 0 Å². The predicted octanol–water partition coefficient (Wildman–Crippen LogP) is 3.05. The van der Waals surface area contributed by atoms with E-state index < -0.39 is 34.5 Å². The number of hydrogen-bond acceptors (Lipinski definition) is 5. The van der Waals surface area contributed by atoms with Gasteiger partial charge in [0.1, 0.15) is 0 Å². The number of halogens is 4. The number of anilines is 1. The van der Waals surface area contributed by atoms with E-state index in [9.17, 15) is 27.6 Å². The number of hydrogen-bond donors (Lipinski definition) is 1. The maximum Gasteiger partial charge on any atom is 0.417 e. The highest BCUT2D eigenvalue weighted by atomic mass is 35.5. The summed E-state index contributed by atoms with van der Waals surface area (Å²) < 4.78 is 43.2. The van der Waals surface area contributed by atoms with E-state index in [1.165, 1.54) is 13.1 Å². The third-order valence-electron chi connectivity index (χ3n) is 3.11. The van der Waals surface area contributed by atoms with Crippen molar-refractivity contribution in [1.29, 1.82) is 0 Å². The first kappa shape index (κ1) is 23.1. The first-order valence-corrected chi connectivity index (χ1v) is 9.21. The summed E-state index contributed by atoms with van der Waals surface area (Å²) in [7, 11) is 1.37. The first-order chi connectivity index (χ1) is 12.5. The van der Waals surface area contributed by atoms with Crippen LogP contribution in [0.25, 0.3) is 0 Å². The van der Waals surface area contributed by atoms with Crippen LogP contribution < -0.4 is 5.32 Å². The third kappa shape index (κ3) is 8.08. The molecule has 0 aliphatic rings. The van der Waals surface area contributed by atoms with Crippen LogP contribution in [0.4, 0.5) is 18.9 Å². The fourth-order valence-electron chi connectivity index (χ4n) is 1.86. The molecule has 0 radical (unpaired) electrons. The number of nitrogens with zero attached hydrogens (tertiary/aromatic N) is 1. The minimum Gasteiger partial charge on any atom is -0.465 e. The van der Waals surface area contributed by atoms with Crippen molar-refractivity contribution in [2.24, 2.45) is 0 Å². The van der Waals surface area contributed by atoms with Crippen LogP contribution in [0.3, 0.4) is 0 Å². The van der Waals surface area contributed by atoms with E-state index in [0.29, 0.717) is 0 Å². The van der Waals surface area contributed by atoms with Gasteiger partial charge in [0.05, 0.1) is 35.2 Å². The summed E-state index contributed by atoms with van der Waals surface area (Å²) >= 11 is 6.55. The van der Waals surface area contributed by atoms with Crippen LogP contribution in [0.15, 0.2) is 18.2 Å². The number of amides is 2. The lowest BCUT2D eigenvalue weighted by molar-refractivity contribution is -0.140. The number of thioether (sulfide) groups is 1. The van der Waals surface area contributed by atoms with Gasteiger partial charge >= 0.3 is 12.1 Å². The van der Waals surface area contributed by atoms with E-state index in [1.54, 1.807) is 6.92 Å². The fraction of sp³-hybridized carbons (Fsp3) is 0.438. The molecule has 0 bridgehead atoms. The van der Waals surface area contributed by atoms with Gasteiger partial charge in [-0.1, -0.05) is 11.6 Å². The Labute approximate surface area is 163 Å². The van der Waals surface area contributed by atoms with Gasteiger partial charge in [-0.2, -0.15) is 13.2 Å². The Balaban J connectivity index is 2.54. The van der Waals surface area contributed by atoms with Crippen LogP contribution in [0.2, 0.25) is 5.02 Å². The summed E-state index contributed by atoms with van der Waals surface area (Å²) in [6, 6.07) is 2.98. The molecule has 0 aliphatic heterocycles. The molecule has 0 heterocycles. The molecule has 1 N–H and O–H groups in total. The lowest BCUT2D eigenvalue weighted by Crippen LogP contribution is -2.36. The summed E-state index contributed by atoms with van der Waals surface area (Å²) in [5.41, 5.74) is -1.16. The Morgan fingerprint density at radius 1 is 1.26 bits per heavy atom. The van der Waals surface area contributed by atoms with Gasteiger partial charge in [0.25, 0.3) is 0 Å². The number of rotatable bonds is 8. The lowest BCUT2D eigenvalue weighted by atomic mass is 10.2. The highest BCUT2D eigenvalue weighted by Crippen LogP contribution is 2.36. The van der Waals surface area contributed by atoms with E-state index >= 15 is 0 Å². The molecule has 6 nitrogen and oxygen atoms in total. The van der Waals surface area contributed by atoms with Crippen molar-refractivity contribution in [2.45, 2.75) is 13.1 Å². The van der Waals surface area contributed by atoms with Gasteiger partial charge in [0.2, 0.25) is 11.8 Å². The normalized spacial score (nSPS) is 11.0. The Morgan fingerprint density at radius 3 is 2.52 bits per heavy atom. The predicted molar refractivity (Wildman–Crippen MR) is 96.7 cm³/mol. The van der Waals surface area contributed by atoms with Gasteiger partial charge in [-0.05, 0) is 25.1 Å². The molecule has 0 atom stereocenters. The second kappa shape index (κ2) is 10.4. The van der Waals surface area contributed by atoms with Gasteiger partial charge < -0.3 is 15.0 Å². The molecule has 0 fully saturated rings. The molecule has 0 unspecified atom stereocenters. The smallest absolute Gasteiger partial charge is 0.417 e. The maximum absolute atomic E-state index is 12.8. The minimum absolute atomic E-state index is 0.00457. The molecule has 0 spiro atoms. The van der Waals surface area contributed by atoms with Crippen LogP contribution in [-0.2, 0) is 25.3 Å². The molecule has 2 amide bonds. The van der Waals surface area contributed by atoms with E-state index in [-0.39, 0.29) is 30.3 Å².